The Balaban J connectivity index is 0.000000137. The van der Waals surface area contributed by atoms with Gasteiger partial charge < -0.3 is 20.5 Å². The first-order valence-corrected chi connectivity index (χ1v) is 22.1. The Hall–Kier alpha value is -6.82. The molecule has 7 aromatic rings. The first-order chi connectivity index (χ1) is 31.8. The Morgan fingerprint density at radius 1 is 0.647 bits per heavy atom. The molecule has 3 aliphatic carbocycles. The molecule has 0 atom stereocenters. The number of carbonyl (C=O) groups is 3. The monoisotopic (exact) mass is 942 g/mol. The number of carbonyl (C=O) groups excluding carboxylic acids is 3. The van der Waals surface area contributed by atoms with Gasteiger partial charge in [0, 0.05) is 90.0 Å². The normalized spacial score (nSPS) is 16.3. The number of Topliss-reactive ketones (excluding diaryl/α,β-unsaturated/α-hetero) is 3. The third-order valence-electron chi connectivity index (χ3n) is 12.8. The number of phenols is 1. The number of nitrogens with zero attached hydrogens (tertiary/aromatic N) is 1. The van der Waals surface area contributed by atoms with E-state index in [-0.39, 0.29) is 29.6 Å². The Morgan fingerprint density at radius 3 is 1.78 bits per heavy atom. The SMILES string of the molecule is C.C=c1c(F)c(O)c2cccc3c(Cl)ccc1c32.CC1=C(F)C(=O)CC(C)(C)C1.CC1=C(F)C(=O)c2cccc3c(N)ccc1c23.CC1=C(F)C(=O)c2cccc3c(N4CCOCC4)ccc1c23. The molecule has 1 heterocycles. The highest BCUT2D eigenvalue weighted by atomic mass is 35.5. The van der Waals surface area contributed by atoms with Crippen LogP contribution in [0.5, 0.6) is 5.75 Å². The summed E-state index contributed by atoms with van der Waals surface area (Å²) in [5.41, 5.74) is 11.4. The van der Waals surface area contributed by atoms with Crippen molar-refractivity contribution in [1.29, 1.82) is 0 Å². The fraction of sp³-hybridized carbons (Fsp3) is 0.232. The second-order valence-corrected chi connectivity index (χ2v) is 18.3. The van der Waals surface area contributed by atoms with Gasteiger partial charge in [0.2, 0.25) is 11.6 Å². The summed E-state index contributed by atoms with van der Waals surface area (Å²) in [5, 5.41) is 16.7. The van der Waals surface area contributed by atoms with Gasteiger partial charge in [-0.25, -0.2) is 17.6 Å². The van der Waals surface area contributed by atoms with Gasteiger partial charge in [-0.3, -0.25) is 14.4 Å². The highest BCUT2D eigenvalue weighted by Crippen LogP contribution is 2.42. The van der Waals surface area contributed by atoms with Crippen molar-refractivity contribution >= 4 is 101 Å². The molecule has 0 amide bonds. The van der Waals surface area contributed by atoms with Crippen molar-refractivity contribution in [3.05, 3.63) is 152 Å². The number of phenolic OH excluding ortho intramolecular Hbond substituents is 1. The third-order valence-corrected chi connectivity index (χ3v) is 13.2. The zero-order chi connectivity index (χ0) is 48.2. The fourth-order valence-corrected chi connectivity index (χ4v) is 9.75. The van der Waals surface area contributed by atoms with Crippen molar-refractivity contribution in [2.75, 3.05) is 36.9 Å². The van der Waals surface area contributed by atoms with Crippen molar-refractivity contribution in [3.63, 3.8) is 0 Å². The number of aromatic hydroxyl groups is 1. The first-order valence-electron chi connectivity index (χ1n) is 21.7. The van der Waals surface area contributed by atoms with E-state index in [1.54, 1.807) is 75.4 Å². The molecule has 1 aliphatic heterocycles. The maximum atomic E-state index is 14.1. The van der Waals surface area contributed by atoms with Gasteiger partial charge in [-0.05, 0) is 84.0 Å². The summed E-state index contributed by atoms with van der Waals surface area (Å²) in [7, 11) is 0. The summed E-state index contributed by atoms with van der Waals surface area (Å²) >= 11 is 6.09. The molecule has 0 spiro atoms. The molecule has 3 N–H and O–H groups in total. The average molecular weight is 943 g/mol. The smallest absolute Gasteiger partial charge is 0.222 e. The van der Waals surface area contributed by atoms with Crippen LogP contribution in [0, 0.1) is 11.2 Å². The minimum absolute atomic E-state index is 0. The Labute approximate surface area is 396 Å². The molecular formula is C56H51ClF4N2O5. The molecule has 1 fully saturated rings. The molecule has 11 rings (SSSR count). The number of rotatable bonds is 1. The van der Waals surface area contributed by atoms with Crippen LogP contribution in [0.25, 0.3) is 60.8 Å². The molecule has 0 aromatic heterocycles. The zero-order valence-corrected chi connectivity index (χ0v) is 38.4. The minimum Gasteiger partial charge on any atom is -0.504 e. The third kappa shape index (κ3) is 8.65. The van der Waals surface area contributed by atoms with E-state index in [9.17, 15) is 37.1 Å². The predicted molar refractivity (Wildman–Crippen MR) is 269 cm³/mol. The van der Waals surface area contributed by atoms with E-state index in [2.05, 4.69) is 11.5 Å². The summed E-state index contributed by atoms with van der Waals surface area (Å²) < 4.78 is 59.9. The van der Waals surface area contributed by atoms with Gasteiger partial charge in [0.05, 0.1) is 13.2 Å². The van der Waals surface area contributed by atoms with Gasteiger partial charge in [-0.2, -0.15) is 0 Å². The summed E-state index contributed by atoms with van der Waals surface area (Å²) in [6.07, 6.45) is 1.04. The van der Waals surface area contributed by atoms with E-state index in [1.165, 1.54) is 0 Å². The number of halogens is 5. The molecule has 4 aliphatic rings. The van der Waals surface area contributed by atoms with Crippen LogP contribution in [-0.4, -0.2) is 48.8 Å². The van der Waals surface area contributed by atoms with Gasteiger partial charge in [0.15, 0.2) is 34.8 Å². The summed E-state index contributed by atoms with van der Waals surface area (Å²) in [6, 6.07) is 26.9. The maximum absolute atomic E-state index is 14.1. The predicted octanol–water partition coefficient (Wildman–Crippen LogP) is 13.8. The molecule has 68 heavy (non-hydrogen) atoms. The lowest BCUT2D eigenvalue weighted by Gasteiger charge is -2.31. The molecule has 0 saturated carbocycles. The number of allylic oxidation sites excluding steroid dienone is 6. The van der Waals surface area contributed by atoms with Crippen molar-refractivity contribution in [3.8, 4) is 5.75 Å². The summed E-state index contributed by atoms with van der Waals surface area (Å²) in [4.78, 5) is 37.3. The number of nitrogen functional groups attached to an aromatic ring is 1. The molecule has 1 saturated heterocycles. The van der Waals surface area contributed by atoms with Crippen LogP contribution < -0.4 is 15.9 Å². The number of hydrogen-bond acceptors (Lipinski definition) is 7. The topological polar surface area (TPSA) is 110 Å². The lowest BCUT2D eigenvalue weighted by atomic mass is 9.77. The molecule has 0 unspecified atom stereocenters. The Bertz CT molecular complexity index is 3400. The number of morpholine rings is 1. The van der Waals surface area contributed by atoms with Gasteiger partial charge in [0.1, 0.15) is 0 Å². The standard InChI is InChI=1S/C18H16FNO2.C14H8ClFO.C14H10FNO.C9H13FO.CH4/c1-11-12-5-6-15(20-7-9-22-10-8-20)13-3-2-4-14(16(12)13)18(21)17(11)19;1-7-8-5-6-11(15)9-3-2-4-10(12(8)9)14(17)13(7)16;1-7-8-5-6-11(16)9-3-2-4-10(12(8)9)14(17)13(7)15;1-6-4-9(2,3)5-7(11)8(6)10;/h2-6H,7-10H2,1H3;2-6,17H,1H2;2-6H,16H2,1H3;4-5H2,1-3H3;1H4. The number of ketones is 3. The molecule has 7 nitrogen and oxygen atoms in total. The first kappa shape index (κ1) is 49.1. The van der Waals surface area contributed by atoms with E-state index >= 15 is 0 Å². The summed E-state index contributed by atoms with van der Waals surface area (Å²) in [5.74, 6) is -4.25. The van der Waals surface area contributed by atoms with Crippen LogP contribution in [-0.2, 0) is 9.53 Å². The van der Waals surface area contributed by atoms with Gasteiger partial charge in [-0.1, -0.05) is 112 Å². The van der Waals surface area contributed by atoms with Crippen molar-refractivity contribution in [2.24, 2.45) is 5.41 Å². The quantitative estimate of drug-likeness (QED) is 0.125. The second-order valence-electron chi connectivity index (χ2n) is 17.9. The zero-order valence-electron chi connectivity index (χ0n) is 37.6. The molecule has 0 bridgehead atoms. The number of hydrogen-bond donors (Lipinski definition) is 2. The van der Waals surface area contributed by atoms with Crippen LogP contribution in [0.15, 0.2) is 114 Å². The minimum atomic E-state index is -0.674. The largest absolute Gasteiger partial charge is 0.504 e. The lowest BCUT2D eigenvalue weighted by Crippen LogP contribution is -2.36. The average Bonchev–Trinajstić information content (AvgIpc) is 3.32. The van der Waals surface area contributed by atoms with Crippen LogP contribution in [0.2, 0.25) is 5.02 Å². The number of nitrogens with two attached hydrogens (primary N) is 1. The molecular weight excluding hydrogens is 892 g/mol. The van der Waals surface area contributed by atoms with E-state index in [1.807, 2.05) is 50.2 Å². The van der Waals surface area contributed by atoms with Gasteiger partial charge in [-0.15, -0.1) is 0 Å². The molecule has 350 valence electrons. The highest BCUT2D eigenvalue weighted by Gasteiger charge is 2.32. The Kier molecular flexibility index (Phi) is 13.8. The highest BCUT2D eigenvalue weighted by molar-refractivity contribution is 6.37. The molecule has 7 aromatic carbocycles. The van der Waals surface area contributed by atoms with Crippen LogP contribution >= 0.6 is 11.6 Å². The molecule has 0 radical (unpaired) electrons. The van der Waals surface area contributed by atoms with Crippen molar-refractivity contribution < 1.29 is 41.8 Å². The van der Waals surface area contributed by atoms with Crippen LogP contribution in [0.1, 0.15) is 86.7 Å². The molecule has 12 heteroatoms. The number of benzene rings is 7. The second kappa shape index (κ2) is 19.1. The van der Waals surface area contributed by atoms with E-state index < -0.39 is 34.9 Å². The van der Waals surface area contributed by atoms with Crippen molar-refractivity contribution in [1.82, 2.24) is 0 Å². The number of anilines is 2. The summed E-state index contributed by atoms with van der Waals surface area (Å²) in [6.45, 7) is 15.7. The maximum Gasteiger partial charge on any atom is 0.222 e. The fourth-order valence-electron chi connectivity index (χ4n) is 9.53. The van der Waals surface area contributed by atoms with E-state index in [4.69, 9.17) is 22.1 Å². The van der Waals surface area contributed by atoms with Crippen LogP contribution in [0.4, 0.5) is 28.9 Å². The van der Waals surface area contributed by atoms with E-state index in [0.29, 0.717) is 75.4 Å². The van der Waals surface area contributed by atoms with Gasteiger partial charge in [0.25, 0.3) is 0 Å². The van der Waals surface area contributed by atoms with Gasteiger partial charge >= 0.3 is 0 Å². The lowest BCUT2D eigenvalue weighted by molar-refractivity contribution is -0.119. The Morgan fingerprint density at radius 2 is 1.18 bits per heavy atom. The number of ether oxygens (including phenoxy) is 1. The van der Waals surface area contributed by atoms with Crippen LogP contribution in [0.3, 0.4) is 0 Å². The van der Waals surface area contributed by atoms with Crippen molar-refractivity contribution in [2.45, 2.75) is 54.9 Å². The van der Waals surface area contributed by atoms with E-state index in [0.717, 1.165) is 62.2 Å².